The minimum absolute atomic E-state index is 0.205. The van der Waals surface area contributed by atoms with Gasteiger partial charge in [-0.3, -0.25) is 0 Å². The highest BCUT2D eigenvalue weighted by molar-refractivity contribution is 5.21. The molecule has 0 spiro atoms. The first-order valence-corrected chi connectivity index (χ1v) is 6.60. The van der Waals surface area contributed by atoms with Crippen molar-refractivity contribution in [3.63, 3.8) is 0 Å². The Morgan fingerprint density at radius 1 is 1.17 bits per heavy atom. The van der Waals surface area contributed by atoms with Crippen LogP contribution in [0.4, 0.5) is 4.39 Å². The smallest absolute Gasteiger partial charge is 0.127 e. The summed E-state index contributed by atoms with van der Waals surface area (Å²) < 4.78 is 13.7. The first-order chi connectivity index (χ1) is 8.41. The van der Waals surface area contributed by atoms with E-state index in [-0.39, 0.29) is 17.8 Å². The quantitative estimate of drug-likeness (QED) is 0.843. The second kappa shape index (κ2) is 6.86. The molecule has 0 saturated heterocycles. The van der Waals surface area contributed by atoms with Crippen molar-refractivity contribution < 1.29 is 4.39 Å². The molecule has 102 valence electrons. The molecule has 0 aromatic heterocycles. The van der Waals surface area contributed by atoms with Gasteiger partial charge in [-0.2, -0.15) is 0 Å². The molecule has 2 atom stereocenters. The van der Waals surface area contributed by atoms with Gasteiger partial charge in [-0.25, -0.2) is 4.39 Å². The van der Waals surface area contributed by atoms with Crippen LogP contribution in [0.25, 0.3) is 0 Å². The summed E-state index contributed by atoms with van der Waals surface area (Å²) in [5.41, 5.74) is 6.77. The van der Waals surface area contributed by atoms with Crippen LogP contribution in [0.5, 0.6) is 0 Å². The van der Waals surface area contributed by atoms with Crippen molar-refractivity contribution in [2.75, 3.05) is 20.1 Å². The predicted molar refractivity (Wildman–Crippen MR) is 74.8 cm³/mol. The van der Waals surface area contributed by atoms with Crippen molar-refractivity contribution in [2.45, 2.75) is 26.8 Å². The molecular weight excluding hydrogens is 227 g/mol. The summed E-state index contributed by atoms with van der Waals surface area (Å²) in [7, 11) is 2.09. The number of benzene rings is 1. The normalized spacial score (nSPS) is 15.1. The topological polar surface area (TPSA) is 29.3 Å². The number of rotatable bonds is 6. The summed E-state index contributed by atoms with van der Waals surface area (Å²) in [6.45, 7) is 8.38. The lowest BCUT2D eigenvalue weighted by atomic mass is 9.94. The van der Waals surface area contributed by atoms with Gasteiger partial charge in [0.05, 0.1) is 0 Å². The monoisotopic (exact) mass is 252 g/mol. The van der Waals surface area contributed by atoms with E-state index in [1.807, 2.05) is 6.07 Å². The predicted octanol–water partition coefficient (Wildman–Crippen LogP) is 3.05. The Bertz CT molecular complexity index is 365. The van der Waals surface area contributed by atoms with E-state index in [0.717, 1.165) is 13.1 Å². The number of nitrogens with two attached hydrogens (primary N) is 1. The molecule has 0 amide bonds. The van der Waals surface area contributed by atoms with Crippen LogP contribution < -0.4 is 5.73 Å². The van der Waals surface area contributed by atoms with E-state index in [1.54, 1.807) is 12.1 Å². The van der Waals surface area contributed by atoms with Gasteiger partial charge in [-0.05, 0) is 24.9 Å². The third-order valence-corrected chi connectivity index (χ3v) is 3.15. The van der Waals surface area contributed by atoms with Crippen LogP contribution in [0, 0.1) is 17.7 Å². The zero-order valence-corrected chi connectivity index (χ0v) is 11.9. The molecule has 2 unspecified atom stereocenters. The number of nitrogens with zero attached hydrogens (tertiary/aromatic N) is 1. The molecule has 2 nitrogen and oxygen atoms in total. The minimum Gasteiger partial charge on any atom is -0.324 e. The molecule has 2 N–H and O–H groups in total. The van der Waals surface area contributed by atoms with Crippen LogP contribution in [0.1, 0.15) is 32.4 Å². The second-order valence-electron chi connectivity index (χ2n) is 5.64. The van der Waals surface area contributed by atoms with Crippen LogP contribution in [0.15, 0.2) is 24.3 Å². The lowest BCUT2D eigenvalue weighted by Gasteiger charge is -2.27. The van der Waals surface area contributed by atoms with E-state index in [2.05, 4.69) is 32.7 Å². The van der Waals surface area contributed by atoms with E-state index in [9.17, 15) is 4.39 Å². The van der Waals surface area contributed by atoms with Crippen LogP contribution in [0.3, 0.4) is 0 Å². The molecular formula is C15H25FN2. The van der Waals surface area contributed by atoms with Gasteiger partial charge in [-0.1, -0.05) is 39.0 Å². The fourth-order valence-electron chi connectivity index (χ4n) is 2.36. The summed E-state index contributed by atoms with van der Waals surface area (Å²) in [6, 6.07) is 6.53. The fourth-order valence-corrected chi connectivity index (χ4v) is 2.36. The van der Waals surface area contributed by atoms with Gasteiger partial charge in [0.2, 0.25) is 0 Å². The Hall–Kier alpha value is -0.930. The highest BCUT2D eigenvalue weighted by atomic mass is 19.1. The largest absolute Gasteiger partial charge is 0.324 e. The Morgan fingerprint density at radius 2 is 1.78 bits per heavy atom. The standard InChI is InChI=1S/C15H25FN2/c1-11(2)9-18(4)10-12(3)15(17)13-7-5-6-8-14(13)16/h5-8,11-12,15H,9-10,17H2,1-4H3. The zero-order chi connectivity index (χ0) is 13.7. The second-order valence-corrected chi connectivity index (χ2v) is 5.64. The van der Waals surface area contributed by atoms with E-state index >= 15 is 0 Å². The van der Waals surface area contributed by atoms with Gasteiger partial charge in [0, 0.05) is 24.7 Å². The van der Waals surface area contributed by atoms with Gasteiger partial charge in [0.25, 0.3) is 0 Å². The van der Waals surface area contributed by atoms with Crippen LogP contribution in [-0.4, -0.2) is 25.0 Å². The third kappa shape index (κ3) is 4.39. The Morgan fingerprint density at radius 3 is 2.33 bits per heavy atom. The van der Waals surface area contributed by atoms with Crippen LogP contribution in [0.2, 0.25) is 0 Å². The number of halogens is 1. The van der Waals surface area contributed by atoms with Gasteiger partial charge < -0.3 is 10.6 Å². The van der Waals surface area contributed by atoms with Gasteiger partial charge >= 0.3 is 0 Å². The molecule has 0 saturated carbocycles. The summed E-state index contributed by atoms with van der Waals surface area (Å²) in [5, 5.41) is 0. The molecule has 1 aromatic rings. The Kier molecular flexibility index (Phi) is 5.76. The van der Waals surface area contributed by atoms with E-state index in [4.69, 9.17) is 5.73 Å². The summed E-state index contributed by atoms with van der Waals surface area (Å²) in [5.74, 6) is 0.654. The van der Waals surface area contributed by atoms with Crippen molar-refractivity contribution in [2.24, 2.45) is 17.6 Å². The highest BCUT2D eigenvalue weighted by Crippen LogP contribution is 2.22. The molecule has 18 heavy (non-hydrogen) atoms. The van der Waals surface area contributed by atoms with E-state index in [0.29, 0.717) is 11.5 Å². The molecule has 0 aliphatic carbocycles. The number of hydrogen-bond acceptors (Lipinski definition) is 2. The summed E-state index contributed by atoms with van der Waals surface area (Å²) in [6.07, 6.45) is 0. The maximum absolute atomic E-state index is 13.7. The molecule has 1 aromatic carbocycles. The molecule has 0 aliphatic rings. The van der Waals surface area contributed by atoms with Crippen LogP contribution in [-0.2, 0) is 0 Å². The van der Waals surface area contributed by atoms with E-state index < -0.39 is 0 Å². The first kappa shape index (κ1) is 15.1. The lowest BCUT2D eigenvalue weighted by molar-refractivity contribution is 0.240. The Labute approximate surface area is 110 Å². The van der Waals surface area contributed by atoms with E-state index in [1.165, 1.54) is 6.07 Å². The summed E-state index contributed by atoms with van der Waals surface area (Å²) >= 11 is 0. The fraction of sp³-hybridized carbons (Fsp3) is 0.600. The SMILES string of the molecule is CC(C)CN(C)CC(C)C(N)c1ccccc1F. The van der Waals surface area contributed by atoms with Gasteiger partial charge in [0.15, 0.2) is 0 Å². The van der Waals surface area contributed by atoms with Gasteiger partial charge in [0.1, 0.15) is 5.82 Å². The maximum atomic E-state index is 13.7. The molecule has 0 fully saturated rings. The van der Waals surface area contributed by atoms with Crippen molar-refractivity contribution >= 4 is 0 Å². The van der Waals surface area contributed by atoms with Crippen molar-refractivity contribution in [3.05, 3.63) is 35.6 Å². The van der Waals surface area contributed by atoms with Crippen molar-refractivity contribution in [3.8, 4) is 0 Å². The first-order valence-electron chi connectivity index (χ1n) is 6.60. The van der Waals surface area contributed by atoms with Crippen molar-refractivity contribution in [1.29, 1.82) is 0 Å². The van der Waals surface area contributed by atoms with Crippen molar-refractivity contribution in [1.82, 2.24) is 4.90 Å². The van der Waals surface area contributed by atoms with Gasteiger partial charge in [-0.15, -0.1) is 0 Å². The average molecular weight is 252 g/mol. The third-order valence-electron chi connectivity index (χ3n) is 3.15. The van der Waals surface area contributed by atoms with Crippen LogP contribution >= 0.6 is 0 Å². The molecule has 3 heteroatoms. The number of hydrogen-bond donors (Lipinski definition) is 1. The maximum Gasteiger partial charge on any atom is 0.127 e. The molecule has 0 bridgehead atoms. The lowest BCUT2D eigenvalue weighted by Crippen LogP contribution is -2.33. The molecule has 1 rings (SSSR count). The molecule has 0 heterocycles. The summed E-state index contributed by atoms with van der Waals surface area (Å²) in [4.78, 5) is 2.26. The minimum atomic E-state index is -0.249. The highest BCUT2D eigenvalue weighted by Gasteiger charge is 2.19. The average Bonchev–Trinajstić information content (AvgIpc) is 2.27. The molecule has 0 radical (unpaired) electrons. The molecule has 0 aliphatic heterocycles. The zero-order valence-electron chi connectivity index (χ0n) is 11.9. The Balaban J connectivity index is 2.61.